The average molecular weight is 241 g/mol. The van der Waals surface area contributed by atoms with Crippen molar-refractivity contribution in [2.24, 2.45) is 0 Å². The predicted molar refractivity (Wildman–Crippen MR) is 62.7 cm³/mol. The molecule has 0 radical (unpaired) electrons. The molecule has 78 valence electrons. The summed E-state index contributed by atoms with van der Waals surface area (Å²) in [6, 6.07) is 3.70. The second-order valence-electron chi connectivity index (χ2n) is 3.94. The van der Waals surface area contributed by atoms with Crippen LogP contribution in [0.15, 0.2) is 17.7 Å². The van der Waals surface area contributed by atoms with E-state index in [0.29, 0.717) is 10.0 Å². The van der Waals surface area contributed by atoms with E-state index in [1.807, 2.05) is 6.07 Å². The monoisotopic (exact) mass is 240 g/mol. The van der Waals surface area contributed by atoms with Crippen LogP contribution in [0.5, 0.6) is 5.75 Å². The molecule has 1 aromatic rings. The molecule has 0 saturated heterocycles. The summed E-state index contributed by atoms with van der Waals surface area (Å²) >= 11 is 12.1. The van der Waals surface area contributed by atoms with Crippen LogP contribution in [0.2, 0.25) is 10.0 Å². The summed E-state index contributed by atoms with van der Waals surface area (Å²) in [5.74, 6) is 0.807. The molecule has 1 fully saturated rings. The van der Waals surface area contributed by atoms with Gasteiger partial charge in [-0.3, -0.25) is 0 Å². The van der Waals surface area contributed by atoms with Gasteiger partial charge in [0.25, 0.3) is 0 Å². The van der Waals surface area contributed by atoms with Crippen molar-refractivity contribution in [2.75, 3.05) is 6.61 Å². The van der Waals surface area contributed by atoms with Crippen molar-refractivity contribution in [2.45, 2.75) is 19.3 Å². The summed E-state index contributed by atoms with van der Waals surface area (Å²) in [4.78, 5) is 0. The van der Waals surface area contributed by atoms with Crippen LogP contribution in [0, 0.1) is 0 Å². The molecule has 0 aromatic heterocycles. The maximum Gasteiger partial charge on any atom is 0.145 e. The van der Waals surface area contributed by atoms with Crippen molar-refractivity contribution in [3.63, 3.8) is 0 Å². The molecule has 15 heavy (non-hydrogen) atoms. The lowest BCUT2D eigenvalue weighted by Gasteiger charge is -2.21. The lowest BCUT2D eigenvalue weighted by molar-refractivity contribution is 0.316. The van der Waals surface area contributed by atoms with E-state index < -0.39 is 0 Å². The number of hydrogen-bond acceptors (Lipinski definition) is 1. The Hall–Kier alpha value is -0.660. The van der Waals surface area contributed by atoms with E-state index >= 15 is 0 Å². The molecule has 1 aromatic carbocycles. The number of rotatable bonds is 0. The van der Waals surface area contributed by atoms with Crippen LogP contribution in [-0.4, -0.2) is 6.61 Å². The van der Waals surface area contributed by atoms with Gasteiger partial charge in [0.05, 0.1) is 11.6 Å². The number of hydrogen-bond donors (Lipinski definition) is 0. The quantitative estimate of drug-likeness (QED) is 0.657. The maximum atomic E-state index is 6.11. The van der Waals surface area contributed by atoms with E-state index in [4.69, 9.17) is 27.9 Å². The Morgan fingerprint density at radius 1 is 1.07 bits per heavy atom. The molecule has 0 N–H and O–H groups in total. The summed E-state index contributed by atoms with van der Waals surface area (Å²) in [5, 5.41) is 1.30. The molecule has 1 heterocycles. The van der Waals surface area contributed by atoms with E-state index in [1.54, 1.807) is 6.07 Å². The molecule has 1 aliphatic carbocycles. The molecular formula is C12H10Cl2O. The molecule has 0 atom stereocenters. The molecule has 3 rings (SSSR count). The molecule has 0 spiro atoms. The predicted octanol–water partition coefficient (Wildman–Crippen LogP) is 4.32. The number of fused-ring (bicyclic) bond motifs is 1. The van der Waals surface area contributed by atoms with E-state index in [1.165, 1.54) is 24.0 Å². The highest BCUT2D eigenvalue weighted by molar-refractivity contribution is 6.36. The molecule has 1 nitrogen and oxygen atoms in total. The van der Waals surface area contributed by atoms with Crippen molar-refractivity contribution in [1.29, 1.82) is 0 Å². The lowest BCUT2D eigenvalue weighted by atomic mass is 9.99. The van der Waals surface area contributed by atoms with Crippen molar-refractivity contribution in [3.05, 3.63) is 33.3 Å². The third-order valence-corrected chi connectivity index (χ3v) is 3.36. The molecule has 0 unspecified atom stereocenters. The zero-order chi connectivity index (χ0) is 10.4. The molecule has 2 aliphatic rings. The fourth-order valence-electron chi connectivity index (χ4n) is 2.05. The van der Waals surface area contributed by atoms with Crippen LogP contribution in [0.4, 0.5) is 0 Å². The highest BCUT2D eigenvalue weighted by atomic mass is 35.5. The van der Waals surface area contributed by atoms with Gasteiger partial charge in [-0.25, -0.2) is 0 Å². The minimum absolute atomic E-state index is 0.621. The Morgan fingerprint density at radius 2 is 1.87 bits per heavy atom. The highest BCUT2D eigenvalue weighted by Crippen LogP contribution is 2.46. The highest BCUT2D eigenvalue weighted by Gasteiger charge is 2.25. The van der Waals surface area contributed by atoms with Crippen LogP contribution >= 0.6 is 23.2 Å². The third kappa shape index (κ3) is 1.64. The van der Waals surface area contributed by atoms with Gasteiger partial charge in [-0.15, -0.1) is 0 Å². The lowest BCUT2D eigenvalue weighted by Crippen LogP contribution is -2.08. The number of halogens is 2. The van der Waals surface area contributed by atoms with Crippen molar-refractivity contribution in [3.8, 4) is 5.75 Å². The van der Waals surface area contributed by atoms with Gasteiger partial charge in [0, 0.05) is 17.0 Å². The largest absolute Gasteiger partial charge is 0.491 e. The summed E-state index contributed by atoms with van der Waals surface area (Å²) in [6.45, 7) is 0.729. The maximum absolute atomic E-state index is 6.11. The van der Waals surface area contributed by atoms with E-state index in [-0.39, 0.29) is 0 Å². The number of allylic oxidation sites excluding steroid dienone is 1. The topological polar surface area (TPSA) is 9.23 Å². The Kier molecular flexibility index (Phi) is 2.18. The summed E-state index contributed by atoms with van der Waals surface area (Å²) in [5.41, 5.74) is 4.05. The van der Waals surface area contributed by atoms with Gasteiger partial charge in [-0.2, -0.15) is 0 Å². The van der Waals surface area contributed by atoms with Crippen LogP contribution in [0.1, 0.15) is 24.8 Å². The second-order valence-corrected chi connectivity index (χ2v) is 4.79. The molecule has 0 bridgehead atoms. The first-order chi connectivity index (χ1) is 7.25. The first kappa shape index (κ1) is 9.56. The van der Waals surface area contributed by atoms with Crippen LogP contribution in [0.3, 0.4) is 0 Å². The van der Waals surface area contributed by atoms with Crippen LogP contribution < -0.4 is 4.74 Å². The van der Waals surface area contributed by atoms with Crippen molar-refractivity contribution < 1.29 is 4.74 Å². The zero-order valence-corrected chi connectivity index (χ0v) is 9.66. The average Bonchev–Trinajstić information content (AvgIpc) is 3.00. The number of ether oxygens (including phenoxy) is 1. The SMILES string of the molecule is Clc1cc(Cl)c2c(c1)C(=C1CC1)CCO2. The summed E-state index contributed by atoms with van der Waals surface area (Å²) in [7, 11) is 0. The van der Waals surface area contributed by atoms with E-state index in [9.17, 15) is 0 Å². The van der Waals surface area contributed by atoms with Gasteiger partial charge >= 0.3 is 0 Å². The smallest absolute Gasteiger partial charge is 0.145 e. The summed E-state index contributed by atoms with van der Waals surface area (Å²) < 4.78 is 5.59. The molecule has 1 aliphatic heterocycles. The normalized spacial score (nSPS) is 18.5. The third-order valence-electron chi connectivity index (χ3n) is 2.86. The van der Waals surface area contributed by atoms with Gasteiger partial charge < -0.3 is 4.74 Å². The Labute approximate surface area is 98.6 Å². The molecule has 0 amide bonds. The minimum Gasteiger partial charge on any atom is -0.491 e. The van der Waals surface area contributed by atoms with Gasteiger partial charge in [0.1, 0.15) is 5.75 Å². The Morgan fingerprint density at radius 3 is 2.60 bits per heavy atom. The van der Waals surface area contributed by atoms with E-state index in [2.05, 4.69) is 0 Å². The standard InChI is InChI=1S/C12H10Cl2O/c13-8-5-10-9(7-1-2-7)3-4-15-12(10)11(14)6-8/h5-6H,1-4H2. The van der Waals surface area contributed by atoms with E-state index in [0.717, 1.165) is 24.3 Å². The van der Waals surface area contributed by atoms with Gasteiger partial charge in [-0.1, -0.05) is 28.8 Å². The fraction of sp³-hybridized carbons (Fsp3) is 0.333. The number of benzene rings is 1. The Bertz CT molecular complexity index is 457. The zero-order valence-electron chi connectivity index (χ0n) is 8.15. The first-order valence-electron chi connectivity index (χ1n) is 5.09. The minimum atomic E-state index is 0.621. The Balaban J connectivity index is 2.22. The molecular weight excluding hydrogens is 231 g/mol. The second kappa shape index (κ2) is 3.43. The molecule has 1 saturated carbocycles. The summed E-state index contributed by atoms with van der Waals surface area (Å²) in [6.07, 6.45) is 3.43. The van der Waals surface area contributed by atoms with Crippen molar-refractivity contribution >= 4 is 28.8 Å². The van der Waals surface area contributed by atoms with Crippen LogP contribution in [-0.2, 0) is 0 Å². The fourth-order valence-corrected chi connectivity index (χ4v) is 2.60. The van der Waals surface area contributed by atoms with Crippen molar-refractivity contribution in [1.82, 2.24) is 0 Å². The van der Waals surface area contributed by atoms with Gasteiger partial charge in [0.15, 0.2) is 0 Å². The van der Waals surface area contributed by atoms with Gasteiger partial charge in [0.2, 0.25) is 0 Å². The first-order valence-corrected chi connectivity index (χ1v) is 5.84. The molecule has 3 heteroatoms. The van der Waals surface area contributed by atoms with Crippen LogP contribution in [0.25, 0.3) is 5.57 Å². The van der Waals surface area contributed by atoms with Gasteiger partial charge in [-0.05, 0) is 30.5 Å².